The van der Waals surface area contributed by atoms with Crippen LogP contribution >= 0.6 is 0 Å². The second kappa shape index (κ2) is 10.8. The Morgan fingerprint density at radius 3 is 2.76 bits per heavy atom. The van der Waals surface area contributed by atoms with Gasteiger partial charge in [-0.15, -0.1) is 0 Å². The van der Waals surface area contributed by atoms with Crippen LogP contribution in [0.5, 0.6) is 11.5 Å². The average Bonchev–Trinajstić information content (AvgIpc) is 3.41. The van der Waals surface area contributed by atoms with Gasteiger partial charge in [0.05, 0.1) is 24.8 Å². The fraction of sp³-hybridized carbons (Fsp3) is 0.379. The van der Waals surface area contributed by atoms with E-state index in [0.29, 0.717) is 49.8 Å². The predicted molar refractivity (Wildman–Crippen MR) is 139 cm³/mol. The molecule has 0 radical (unpaired) electrons. The Kier molecular flexibility index (Phi) is 7.30. The van der Waals surface area contributed by atoms with Crippen LogP contribution in [0.2, 0.25) is 0 Å². The third kappa shape index (κ3) is 5.12. The van der Waals surface area contributed by atoms with Gasteiger partial charge in [0.25, 0.3) is 11.7 Å². The van der Waals surface area contributed by atoms with Gasteiger partial charge in [0.2, 0.25) is 0 Å². The molecule has 0 bridgehead atoms. The van der Waals surface area contributed by atoms with E-state index in [-0.39, 0.29) is 17.4 Å². The molecular formula is C29H32N2O6. The summed E-state index contributed by atoms with van der Waals surface area (Å²) in [5, 5.41) is 11.5. The fourth-order valence-electron chi connectivity index (χ4n) is 5.19. The number of Topliss-reactive ketones (excluding diaryl/α,β-unsaturated/α-hetero) is 1. The number of amides is 1. The number of nitrogens with zero attached hydrogens (tertiary/aromatic N) is 2. The molecule has 3 aliphatic rings. The van der Waals surface area contributed by atoms with E-state index >= 15 is 0 Å². The minimum absolute atomic E-state index is 0.0523. The third-order valence-electron chi connectivity index (χ3n) is 7.01. The van der Waals surface area contributed by atoms with Gasteiger partial charge in [-0.2, -0.15) is 0 Å². The molecule has 2 atom stereocenters. The maximum atomic E-state index is 13.4. The number of morpholine rings is 1. The molecule has 1 N–H and O–H groups in total. The van der Waals surface area contributed by atoms with Crippen LogP contribution in [0, 0.1) is 0 Å². The van der Waals surface area contributed by atoms with E-state index in [0.717, 1.165) is 30.8 Å². The molecule has 0 spiro atoms. The number of rotatable bonds is 8. The van der Waals surface area contributed by atoms with Crippen molar-refractivity contribution in [1.82, 2.24) is 9.80 Å². The zero-order chi connectivity index (χ0) is 25.9. The molecule has 0 saturated carbocycles. The van der Waals surface area contributed by atoms with Crippen molar-refractivity contribution in [2.75, 3.05) is 46.0 Å². The van der Waals surface area contributed by atoms with Crippen molar-refractivity contribution in [1.29, 1.82) is 0 Å². The number of benzene rings is 2. The van der Waals surface area contributed by atoms with Crippen LogP contribution in [0.4, 0.5) is 0 Å². The lowest BCUT2D eigenvalue weighted by molar-refractivity contribution is -0.140. The Morgan fingerprint density at radius 2 is 1.97 bits per heavy atom. The van der Waals surface area contributed by atoms with Crippen LogP contribution in [-0.4, -0.2) is 78.7 Å². The molecule has 2 aromatic carbocycles. The molecule has 0 unspecified atom stereocenters. The molecule has 5 rings (SSSR count). The van der Waals surface area contributed by atoms with E-state index in [1.54, 1.807) is 23.1 Å². The van der Waals surface area contributed by atoms with E-state index in [1.807, 2.05) is 37.3 Å². The molecule has 8 nitrogen and oxygen atoms in total. The molecule has 3 heterocycles. The highest BCUT2D eigenvalue weighted by Crippen LogP contribution is 2.41. The largest absolute Gasteiger partial charge is 0.507 e. The number of aliphatic hydroxyl groups excluding tert-OH is 1. The Bertz CT molecular complexity index is 1230. The Morgan fingerprint density at radius 1 is 1.16 bits per heavy atom. The smallest absolute Gasteiger partial charge is 0.295 e. The van der Waals surface area contributed by atoms with E-state index in [9.17, 15) is 14.7 Å². The summed E-state index contributed by atoms with van der Waals surface area (Å²) in [6.07, 6.45) is 2.42. The van der Waals surface area contributed by atoms with Crippen molar-refractivity contribution in [3.05, 3.63) is 77.4 Å². The zero-order valence-corrected chi connectivity index (χ0v) is 21.0. The normalized spacial score (nSPS) is 23.1. The van der Waals surface area contributed by atoms with Crippen molar-refractivity contribution in [3.63, 3.8) is 0 Å². The van der Waals surface area contributed by atoms with Gasteiger partial charge in [-0.05, 0) is 48.4 Å². The molecule has 37 heavy (non-hydrogen) atoms. The highest BCUT2D eigenvalue weighted by molar-refractivity contribution is 6.46. The van der Waals surface area contributed by atoms with Gasteiger partial charge in [0.1, 0.15) is 30.0 Å². The Labute approximate surface area is 216 Å². The summed E-state index contributed by atoms with van der Waals surface area (Å²) >= 11 is 0. The van der Waals surface area contributed by atoms with E-state index in [2.05, 4.69) is 11.5 Å². The molecule has 2 saturated heterocycles. The minimum Gasteiger partial charge on any atom is -0.507 e. The first-order valence-electron chi connectivity index (χ1n) is 12.7. The minimum atomic E-state index is -0.739. The lowest BCUT2D eigenvalue weighted by atomic mass is 9.94. The summed E-state index contributed by atoms with van der Waals surface area (Å²) in [5.41, 5.74) is 2.24. The molecule has 1 amide bonds. The summed E-state index contributed by atoms with van der Waals surface area (Å²) in [5.74, 6) is -0.113. The third-order valence-corrected chi connectivity index (χ3v) is 7.01. The second-order valence-corrected chi connectivity index (χ2v) is 9.57. The summed E-state index contributed by atoms with van der Waals surface area (Å²) in [6, 6.07) is 11.9. The molecular weight excluding hydrogens is 472 g/mol. The predicted octanol–water partition coefficient (Wildman–Crippen LogP) is 3.33. The van der Waals surface area contributed by atoms with Crippen LogP contribution in [-0.2, 0) is 20.7 Å². The van der Waals surface area contributed by atoms with E-state index < -0.39 is 17.7 Å². The number of aliphatic hydroxyl groups is 1. The fourth-order valence-corrected chi connectivity index (χ4v) is 5.19. The molecule has 8 heteroatoms. The van der Waals surface area contributed by atoms with Crippen LogP contribution in [0.15, 0.2) is 60.7 Å². The average molecular weight is 505 g/mol. The first kappa shape index (κ1) is 25.0. The van der Waals surface area contributed by atoms with E-state index in [4.69, 9.17) is 14.2 Å². The summed E-state index contributed by atoms with van der Waals surface area (Å²) in [7, 11) is 0. The van der Waals surface area contributed by atoms with Crippen molar-refractivity contribution in [2.45, 2.75) is 25.5 Å². The number of likely N-dealkylation sites (tertiary alicyclic amines) is 1. The topological polar surface area (TPSA) is 88.5 Å². The molecule has 0 aliphatic carbocycles. The number of hydrogen-bond acceptors (Lipinski definition) is 7. The molecule has 194 valence electrons. The number of ether oxygens (including phenoxy) is 3. The van der Waals surface area contributed by atoms with Gasteiger partial charge in [0, 0.05) is 38.2 Å². The number of ketones is 1. The maximum absolute atomic E-state index is 13.4. The maximum Gasteiger partial charge on any atom is 0.295 e. The van der Waals surface area contributed by atoms with Crippen LogP contribution in [0.1, 0.15) is 29.7 Å². The SMILES string of the molecule is C=CCOc1cccc([C@H]2/C(=C(\O)c3ccc4c(c3)C[C@@H](C)O4)C(=O)C(=O)N2CCN2CCOCC2)c1. The highest BCUT2D eigenvalue weighted by Gasteiger charge is 2.46. The first-order valence-corrected chi connectivity index (χ1v) is 12.7. The van der Waals surface area contributed by atoms with Crippen molar-refractivity contribution in [3.8, 4) is 11.5 Å². The summed E-state index contributed by atoms with van der Waals surface area (Å²) in [6.45, 7) is 9.79. The van der Waals surface area contributed by atoms with Gasteiger partial charge in [-0.3, -0.25) is 14.5 Å². The van der Waals surface area contributed by atoms with Crippen LogP contribution in [0.25, 0.3) is 5.76 Å². The first-order chi connectivity index (χ1) is 18.0. The van der Waals surface area contributed by atoms with E-state index in [1.165, 1.54) is 0 Å². The molecule has 0 aromatic heterocycles. The van der Waals surface area contributed by atoms with Crippen LogP contribution in [0.3, 0.4) is 0 Å². The lowest BCUT2D eigenvalue weighted by Crippen LogP contribution is -2.42. The number of fused-ring (bicyclic) bond motifs is 1. The number of carbonyl (C=O) groups is 2. The Hall–Kier alpha value is -3.62. The monoisotopic (exact) mass is 504 g/mol. The van der Waals surface area contributed by atoms with Crippen molar-refractivity contribution in [2.24, 2.45) is 0 Å². The standard InChI is InChI=1S/C29H32N2O6/c1-3-13-36-23-6-4-5-20(18-23)26-25(27(32)21-7-8-24-22(17-21)16-19(2)37-24)28(33)29(34)31(26)10-9-30-11-14-35-15-12-30/h3-8,17-19,26,32H,1,9-16H2,2H3/b27-25+/t19-,26+/m1/s1. The molecule has 3 aliphatic heterocycles. The quantitative estimate of drug-likeness (QED) is 0.255. The highest BCUT2D eigenvalue weighted by atomic mass is 16.5. The summed E-state index contributed by atoms with van der Waals surface area (Å²) in [4.78, 5) is 30.5. The second-order valence-electron chi connectivity index (χ2n) is 9.57. The van der Waals surface area contributed by atoms with Crippen LogP contribution < -0.4 is 9.47 Å². The van der Waals surface area contributed by atoms with Crippen molar-refractivity contribution >= 4 is 17.4 Å². The van der Waals surface area contributed by atoms with Gasteiger partial charge in [-0.1, -0.05) is 24.8 Å². The Balaban J connectivity index is 1.54. The van der Waals surface area contributed by atoms with Gasteiger partial charge >= 0.3 is 0 Å². The molecule has 2 fully saturated rings. The summed E-state index contributed by atoms with van der Waals surface area (Å²) < 4.78 is 16.9. The zero-order valence-electron chi connectivity index (χ0n) is 21.0. The van der Waals surface area contributed by atoms with Gasteiger partial charge in [-0.25, -0.2) is 0 Å². The van der Waals surface area contributed by atoms with Crippen molar-refractivity contribution < 1.29 is 28.9 Å². The van der Waals surface area contributed by atoms with Gasteiger partial charge in [0.15, 0.2) is 0 Å². The number of carbonyl (C=O) groups excluding carboxylic acids is 2. The number of hydrogen-bond donors (Lipinski definition) is 1. The van der Waals surface area contributed by atoms with Gasteiger partial charge < -0.3 is 24.2 Å². The molecule has 2 aromatic rings. The lowest BCUT2D eigenvalue weighted by Gasteiger charge is -2.31.